The van der Waals surface area contributed by atoms with Gasteiger partial charge in [-0.25, -0.2) is 4.98 Å². The van der Waals surface area contributed by atoms with Crippen LogP contribution >= 0.6 is 22.9 Å². The number of aromatic nitrogens is 1. The highest BCUT2D eigenvalue weighted by atomic mass is 35.5. The number of carbonyl (C=O) groups excluding carboxylic acids is 1. The molecular weight excluding hydrogens is 258 g/mol. The Hall–Kier alpha value is -0.650. The lowest BCUT2D eigenvalue weighted by molar-refractivity contribution is 0.101. The van der Waals surface area contributed by atoms with Gasteiger partial charge in [0.1, 0.15) is 5.69 Å². The van der Waals surface area contributed by atoms with Crippen LogP contribution in [0.25, 0.3) is 0 Å². The van der Waals surface area contributed by atoms with Crippen molar-refractivity contribution >= 4 is 33.9 Å². The highest BCUT2D eigenvalue weighted by Crippen LogP contribution is 2.19. The van der Waals surface area contributed by atoms with E-state index in [0.717, 1.165) is 24.6 Å². The van der Waals surface area contributed by atoms with E-state index < -0.39 is 0 Å². The second-order valence-electron chi connectivity index (χ2n) is 4.15. The molecule has 1 heterocycles. The Morgan fingerprint density at radius 3 is 2.71 bits per heavy atom. The Balaban J connectivity index is 2.49. The number of anilines is 1. The standard InChI is InChI=1S/C11H18ClN3OS/c1-14(2)5-4-6-15(3)11-13-9(8-17-11)10(16)7-12/h8H,4-7H2,1-3H3. The van der Waals surface area contributed by atoms with E-state index in [2.05, 4.69) is 28.9 Å². The number of halogens is 1. The fraction of sp³-hybridized carbons (Fsp3) is 0.636. The van der Waals surface area contributed by atoms with E-state index in [0.29, 0.717) is 5.69 Å². The van der Waals surface area contributed by atoms with Crippen LogP contribution in [0.3, 0.4) is 0 Å². The monoisotopic (exact) mass is 275 g/mol. The lowest BCUT2D eigenvalue weighted by Gasteiger charge is -2.17. The Bertz CT molecular complexity index is 367. The minimum atomic E-state index is -0.115. The molecule has 0 atom stereocenters. The molecule has 0 N–H and O–H groups in total. The molecule has 0 radical (unpaired) electrons. The Kier molecular flexibility index (Phi) is 5.88. The summed E-state index contributed by atoms with van der Waals surface area (Å²) in [5, 5.41) is 2.64. The first-order valence-electron chi connectivity index (χ1n) is 5.45. The Morgan fingerprint density at radius 2 is 2.12 bits per heavy atom. The molecule has 96 valence electrons. The first-order valence-corrected chi connectivity index (χ1v) is 6.86. The van der Waals surface area contributed by atoms with E-state index in [9.17, 15) is 4.79 Å². The number of hydrogen-bond donors (Lipinski definition) is 0. The van der Waals surface area contributed by atoms with Crippen LogP contribution in [0.1, 0.15) is 16.9 Å². The maximum atomic E-state index is 11.3. The van der Waals surface area contributed by atoms with Gasteiger partial charge in [0.25, 0.3) is 0 Å². The minimum absolute atomic E-state index is 0.00643. The zero-order valence-electron chi connectivity index (χ0n) is 10.4. The molecule has 6 heteroatoms. The van der Waals surface area contributed by atoms with Gasteiger partial charge in [-0.05, 0) is 27.1 Å². The first kappa shape index (κ1) is 14.4. The Labute approximate surface area is 111 Å². The number of Topliss-reactive ketones (excluding diaryl/α,β-unsaturated/α-hetero) is 1. The van der Waals surface area contributed by atoms with Crippen molar-refractivity contribution < 1.29 is 4.79 Å². The average Bonchev–Trinajstić information content (AvgIpc) is 2.76. The van der Waals surface area contributed by atoms with Crippen LogP contribution in [-0.2, 0) is 0 Å². The predicted molar refractivity (Wildman–Crippen MR) is 73.6 cm³/mol. The zero-order valence-corrected chi connectivity index (χ0v) is 12.0. The van der Waals surface area contributed by atoms with Gasteiger partial charge >= 0.3 is 0 Å². The number of carbonyl (C=O) groups is 1. The van der Waals surface area contributed by atoms with Crippen molar-refractivity contribution in [3.63, 3.8) is 0 Å². The third kappa shape index (κ3) is 4.61. The highest BCUT2D eigenvalue weighted by molar-refractivity contribution is 7.13. The quantitative estimate of drug-likeness (QED) is 0.563. The lowest BCUT2D eigenvalue weighted by atomic mass is 10.3. The molecule has 0 aromatic carbocycles. The molecule has 0 unspecified atom stereocenters. The third-order valence-electron chi connectivity index (χ3n) is 2.32. The van der Waals surface area contributed by atoms with E-state index in [1.54, 1.807) is 5.38 Å². The smallest absolute Gasteiger partial charge is 0.196 e. The molecule has 0 aliphatic carbocycles. The van der Waals surface area contributed by atoms with Gasteiger partial charge in [-0.2, -0.15) is 0 Å². The number of nitrogens with zero attached hydrogens (tertiary/aromatic N) is 3. The second kappa shape index (κ2) is 6.93. The van der Waals surface area contributed by atoms with E-state index >= 15 is 0 Å². The predicted octanol–water partition coefficient (Wildman–Crippen LogP) is 1.95. The summed E-state index contributed by atoms with van der Waals surface area (Å²) in [6.45, 7) is 1.98. The molecule has 0 aliphatic heterocycles. The summed E-state index contributed by atoms with van der Waals surface area (Å²) in [5.41, 5.74) is 0.472. The zero-order chi connectivity index (χ0) is 12.8. The van der Waals surface area contributed by atoms with Gasteiger partial charge in [0.05, 0.1) is 5.88 Å². The maximum Gasteiger partial charge on any atom is 0.196 e. The average molecular weight is 276 g/mol. The van der Waals surface area contributed by atoms with Crippen LogP contribution in [-0.4, -0.2) is 55.8 Å². The minimum Gasteiger partial charge on any atom is -0.351 e. The molecule has 0 saturated carbocycles. The van der Waals surface area contributed by atoms with Gasteiger partial charge in [-0.3, -0.25) is 4.79 Å². The summed E-state index contributed by atoms with van der Waals surface area (Å²) in [7, 11) is 6.10. The number of alkyl halides is 1. The van der Waals surface area contributed by atoms with Crippen LogP contribution in [0, 0.1) is 0 Å². The van der Waals surface area contributed by atoms with E-state index in [-0.39, 0.29) is 11.7 Å². The maximum absolute atomic E-state index is 11.3. The van der Waals surface area contributed by atoms with E-state index in [4.69, 9.17) is 11.6 Å². The van der Waals surface area contributed by atoms with Gasteiger partial charge in [-0.1, -0.05) is 0 Å². The molecule has 17 heavy (non-hydrogen) atoms. The number of thiazole rings is 1. The van der Waals surface area contributed by atoms with Crippen LogP contribution in [0.2, 0.25) is 0 Å². The topological polar surface area (TPSA) is 36.4 Å². The molecule has 1 rings (SSSR count). The third-order valence-corrected chi connectivity index (χ3v) is 3.52. The number of rotatable bonds is 7. The fourth-order valence-electron chi connectivity index (χ4n) is 1.36. The molecule has 0 saturated heterocycles. The lowest BCUT2D eigenvalue weighted by Crippen LogP contribution is -2.23. The summed E-state index contributed by atoms with van der Waals surface area (Å²) in [4.78, 5) is 19.8. The molecule has 0 spiro atoms. The van der Waals surface area contributed by atoms with Gasteiger partial charge in [0, 0.05) is 19.0 Å². The summed E-state index contributed by atoms with van der Waals surface area (Å²) >= 11 is 6.97. The summed E-state index contributed by atoms with van der Waals surface area (Å²) in [6, 6.07) is 0. The normalized spacial score (nSPS) is 10.9. The van der Waals surface area contributed by atoms with E-state index in [1.807, 2.05) is 7.05 Å². The molecule has 1 aromatic rings. The van der Waals surface area contributed by atoms with Gasteiger partial charge in [0.2, 0.25) is 0 Å². The SMILES string of the molecule is CN(C)CCCN(C)c1nc(C(=O)CCl)cs1. The molecule has 0 fully saturated rings. The van der Waals surface area contributed by atoms with Crippen molar-refractivity contribution in [3.05, 3.63) is 11.1 Å². The molecule has 1 aromatic heterocycles. The Morgan fingerprint density at radius 1 is 1.41 bits per heavy atom. The van der Waals surface area contributed by atoms with Gasteiger partial charge < -0.3 is 9.80 Å². The molecule has 0 bridgehead atoms. The molecule has 0 amide bonds. The van der Waals surface area contributed by atoms with Crippen LogP contribution < -0.4 is 4.90 Å². The molecule has 4 nitrogen and oxygen atoms in total. The van der Waals surface area contributed by atoms with Crippen molar-refractivity contribution in [1.82, 2.24) is 9.88 Å². The second-order valence-corrected chi connectivity index (χ2v) is 5.25. The van der Waals surface area contributed by atoms with Crippen molar-refractivity contribution in [2.75, 3.05) is 45.0 Å². The van der Waals surface area contributed by atoms with Crippen LogP contribution in [0.5, 0.6) is 0 Å². The van der Waals surface area contributed by atoms with Gasteiger partial charge in [0.15, 0.2) is 10.9 Å². The van der Waals surface area contributed by atoms with Crippen molar-refractivity contribution in [2.24, 2.45) is 0 Å². The summed E-state index contributed by atoms with van der Waals surface area (Å²) in [5.74, 6) is -0.121. The summed E-state index contributed by atoms with van der Waals surface area (Å²) < 4.78 is 0. The number of ketones is 1. The van der Waals surface area contributed by atoms with Gasteiger partial charge in [-0.15, -0.1) is 22.9 Å². The van der Waals surface area contributed by atoms with Crippen molar-refractivity contribution in [2.45, 2.75) is 6.42 Å². The van der Waals surface area contributed by atoms with Crippen LogP contribution in [0.4, 0.5) is 5.13 Å². The number of hydrogen-bond acceptors (Lipinski definition) is 5. The largest absolute Gasteiger partial charge is 0.351 e. The molecular formula is C11H18ClN3OS. The molecule has 0 aliphatic rings. The summed E-state index contributed by atoms with van der Waals surface area (Å²) in [6.07, 6.45) is 1.07. The first-order chi connectivity index (χ1) is 8.04. The van der Waals surface area contributed by atoms with Crippen molar-refractivity contribution in [1.29, 1.82) is 0 Å². The van der Waals surface area contributed by atoms with Crippen LogP contribution in [0.15, 0.2) is 5.38 Å². The van der Waals surface area contributed by atoms with Crippen molar-refractivity contribution in [3.8, 4) is 0 Å². The fourth-order valence-corrected chi connectivity index (χ4v) is 2.32. The highest BCUT2D eigenvalue weighted by Gasteiger charge is 2.11. The van der Waals surface area contributed by atoms with E-state index in [1.165, 1.54) is 11.3 Å².